The summed E-state index contributed by atoms with van der Waals surface area (Å²) in [4.78, 5) is 0.281. The van der Waals surface area contributed by atoms with E-state index in [4.69, 9.17) is 5.73 Å². The van der Waals surface area contributed by atoms with Crippen LogP contribution in [0.3, 0.4) is 0 Å². The van der Waals surface area contributed by atoms with E-state index in [2.05, 4.69) is 11.6 Å². The number of nitrogens with one attached hydrogen (secondary N) is 1. The first-order valence-electron chi connectivity index (χ1n) is 7.32. The van der Waals surface area contributed by atoms with Crippen LogP contribution in [0.2, 0.25) is 0 Å². The first-order valence-corrected chi connectivity index (χ1v) is 8.81. The molecule has 1 aliphatic rings. The van der Waals surface area contributed by atoms with E-state index < -0.39 is 10.0 Å². The molecule has 1 aromatic carbocycles. The Morgan fingerprint density at radius 2 is 1.95 bits per heavy atom. The topological polar surface area (TPSA) is 72.2 Å². The molecule has 0 aliphatic heterocycles. The predicted octanol–water partition coefficient (Wildman–Crippen LogP) is 2.76. The SMILES string of the molecule is CC1CCCC(CCNS(=O)(=O)c2ccc(N)cc2)C1. The van der Waals surface area contributed by atoms with Crippen LogP contribution in [0.25, 0.3) is 0 Å². The van der Waals surface area contributed by atoms with Gasteiger partial charge in [-0.1, -0.05) is 26.2 Å². The van der Waals surface area contributed by atoms with Gasteiger partial charge in [-0.3, -0.25) is 0 Å². The molecule has 2 unspecified atom stereocenters. The molecule has 0 radical (unpaired) electrons. The maximum Gasteiger partial charge on any atom is 0.240 e. The second-order valence-corrected chi connectivity index (χ2v) is 7.66. The van der Waals surface area contributed by atoms with Crippen molar-refractivity contribution in [3.8, 4) is 0 Å². The van der Waals surface area contributed by atoms with Crippen LogP contribution in [-0.4, -0.2) is 15.0 Å². The number of anilines is 1. The number of nitrogens with two attached hydrogens (primary N) is 1. The highest BCUT2D eigenvalue weighted by Gasteiger charge is 2.20. The van der Waals surface area contributed by atoms with Crippen LogP contribution in [0.5, 0.6) is 0 Å². The summed E-state index contributed by atoms with van der Waals surface area (Å²) in [5.41, 5.74) is 6.13. The van der Waals surface area contributed by atoms with E-state index >= 15 is 0 Å². The van der Waals surface area contributed by atoms with Crippen LogP contribution in [0.15, 0.2) is 29.2 Å². The molecule has 20 heavy (non-hydrogen) atoms. The zero-order valence-electron chi connectivity index (χ0n) is 12.0. The van der Waals surface area contributed by atoms with Gasteiger partial charge in [-0.05, 0) is 48.9 Å². The maximum absolute atomic E-state index is 12.1. The molecular weight excluding hydrogens is 272 g/mol. The van der Waals surface area contributed by atoms with E-state index in [9.17, 15) is 8.42 Å². The Balaban J connectivity index is 1.85. The van der Waals surface area contributed by atoms with E-state index in [-0.39, 0.29) is 4.90 Å². The van der Waals surface area contributed by atoms with Crippen molar-refractivity contribution in [3.05, 3.63) is 24.3 Å². The van der Waals surface area contributed by atoms with Gasteiger partial charge >= 0.3 is 0 Å². The highest BCUT2D eigenvalue weighted by molar-refractivity contribution is 7.89. The Hall–Kier alpha value is -1.07. The summed E-state index contributed by atoms with van der Waals surface area (Å²) >= 11 is 0. The van der Waals surface area contributed by atoms with E-state index in [0.29, 0.717) is 18.2 Å². The molecule has 0 bridgehead atoms. The smallest absolute Gasteiger partial charge is 0.240 e. The fourth-order valence-electron chi connectivity index (χ4n) is 2.95. The number of sulfonamides is 1. The van der Waals surface area contributed by atoms with Crippen LogP contribution < -0.4 is 10.5 Å². The molecule has 0 aromatic heterocycles. The number of hydrogen-bond acceptors (Lipinski definition) is 3. The van der Waals surface area contributed by atoms with Gasteiger partial charge in [-0.2, -0.15) is 0 Å². The largest absolute Gasteiger partial charge is 0.399 e. The molecule has 4 nitrogen and oxygen atoms in total. The minimum atomic E-state index is -3.40. The quantitative estimate of drug-likeness (QED) is 0.821. The fraction of sp³-hybridized carbons (Fsp3) is 0.600. The summed E-state index contributed by atoms with van der Waals surface area (Å²) < 4.78 is 26.9. The van der Waals surface area contributed by atoms with Crippen LogP contribution in [0.4, 0.5) is 5.69 Å². The van der Waals surface area contributed by atoms with Crippen molar-refractivity contribution < 1.29 is 8.42 Å². The second-order valence-electron chi connectivity index (χ2n) is 5.89. The number of hydrogen-bond donors (Lipinski definition) is 2. The third-order valence-electron chi connectivity index (χ3n) is 4.08. The Labute approximate surface area is 121 Å². The Morgan fingerprint density at radius 1 is 1.25 bits per heavy atom. The molecule has 0 spiro atoms. The van der Waals surface area contributed by atoms with Crippen LogP contribution >= 0.6 is 0 Å². The average Bonchev–Trinajstić information content (AvgIpc) is 2.39. The summed E-state index contributed by atoms with van der Waals surface area (Å²) in [6.45, 7) is 2.80. The van der Waals surface area contributed by atoms with E-state index in [1.165, 1.54) is 25.7 Å². The third-order valence-corrected chi connectivity index (χ3v) is 5.56. The van der Waals surface area contributed by atoms with Gasteiger partial charge in [0.15, 0.2) is 0 Å². The van der Waals surface area contributed by atoms with Gasteiger partial charge in [0.05, 0.1) is 4.90 Å². The Kier molecular flexibility index (Phi) is 5.05. The maximum atomic E-state index is 12.1. The van der Waals surface area contributed by atoms with Crippen molar-refractivity contribution in [2.75, 3.05) is 12.3 Å². The molecule has 0 heterocycles. The summed E-state index contributed by atoms with van der Waals surface area (Å²) in [6, 6.07) is 6.30. The minimum absolute atomic E-state index is 0.281. The zero-order valence-corrected chi connectivity index (χ0v) is 12.8. The molecule has 1 saturated carbocycles. The Morgan fingerprint density at radius 3 is 2.60 bits per heavy atom. The first-order chi connectivity index (χ1) is 9.47. The number of benzene rings is 1. The molecule has 0 amide bonds. The van der Waals surface area contributed by atoms with Gasteiger partial charge in [-0.25, -0.2) is 13.1 Å². The molecule has 112 valence electrons. The molecule has 2 rings (SSSR count). The van der Waals surface area contributed by atoms with Crippen LogP contribution in [0, 0.1) is 11.8 Å². The van der Waals surface area contributed by atoms with Crippen molar-refractivity contribution in [2.24, 2.45) is 11.8 Å². The van der Waals surface area contributed by atoms with Gasteiger partial charge in [0.1, 0.15) is 0 Å². The lowest BCUT2D eigenvalue weighted by Crippen LogP contribution is -2.27. The summed E-state index contributed by atoms with van der Waals surface area (Å²) in [5.74, 6) is 1.44. The van der Waals surface area contributed by atoms with Crippen molar-refractivity contribution in [1.29, 1.82) is 0 Å². The third kappa shape index (κ3) is 4.21. The molecule has 5 heteroatoms. The molecular formula is C15H24N2O2S. The van der Waals surface area contributed by atoms with E-state index in [0.717, 1.165) is 12.3 Å². The molecule has 0 saturated heterocycles. The van der Waals surface area contributed by atoms with Crippen molar-refractivity contribution in [2.45, 2.75) is 43.9 Å². The number of nitrogen functional groups attached to an aromatic ring is 1. The van der Waals surface area contributed by atoms with Crippen LogP contribution in [0.1, 0.15) is 39.0 Å². The molecule has 1 aromatic rings. The predicted molar refractivity (Wildman–Crippen MR) is 81.8 cm³/mol. The summed E-state index contributed by atoms with van der Waals surface area (Å²) in [5, 5.41) is 0. The van der Waals surface area contributed by atoms with Crippen molar-refractivity contribution in [3.63, 3.8) is 0 Å². The van der Waals surface area contributed by atoms with Gasteiger partial charge < -0.3 is 5.73 Å². The first kappa shape index (κ1) is 15.3. The van der Waals surface area contributed by atoms with Crippen molar-refractivity contribution >= 4 is 15.7 Å². The standard InChI is InChI=1S/C15H24N2O2S/c1-12-3-2-4-13(11-12)9-10-17-20(18,19)15-7-5-14(16)6-8-15/h5-8,12-13,17H,2-4,9-11,16H2,1H3. The lowest BCUT2D eigenvalue weighted by molar-refractivity contribution is 0.271. The minimum Gasteiger partial charge on any atom is -0.399 e. The highest BCUT2D eigenvalue weighted by atomic mass is 32.2. The lowest BCUT2D eigenvalue weighted by atomic mass is 9.81. The Bertz CT molecular complexity index is 525. The highest BCUT2D eigenvalue weighted by Crippen LogP contribution is 2.30. The molecule has 3 N–H and O–H groups in total. The second kappa shape index (κ2) is 6.59. The van der Waals surface area contributed by atoms with Gasteiger partial charge in [-0.15, -0.1) is 0 Å². The fourth-order valence-corrected chi connectivity index (χ4v) is 4.00. The van der Waals surface area contributed by atoms with Gasteiger partial charge in [0.2, 0.25) is 10.0 Å². The molecule has 1 aliphatic carbocycles. The average molecular weight is 296 g/mol. The monoisotopic (exact) mass is 296 g/mol. The summed E-state index contributed by atoms with van der Waals surface area (Å²) in [6.07, 6.45) is 5.97. The van der Waals surface area contributed by atoms with Gasteiger partial charge in [0, 0.05) is 12.2 Å². The van der Waals surface area contributed by atoms with Crippen molar-refractivity contribution in [1.82, 2.24) is 4.72 Å². The molecule has 2 atom stereocenters. The van der Waals surface area contributed by atoms with E-state index in [1.54, 1.807) is 24.3 Å². The normalized spacial score (nSPS) is 23.6. The molecule has 1 fully saturated rings. The van der Waals surface area contributed by atoms with Crippen LogP contribution in [-0.2, 0) is 10.0 Å². The zero-order chi connectivity index (χ0) is 14.6. The lowest BCUT2D eigenvalue weighted by Gasteiger charge is -2.26. The van der Waals surface area contributed by atoms with E-state index in [1.807, 2.05) is 0 Å². The number of rotatable bonds is 5. The van der Waals surface area contributed by atoms with Gasteiger partial charge in [0.25, 0.3) is 0 Å². The summed E-state index contributed by atoms with van der Waals surface area (Å²) in [7, 11) is -3.40.